The van der Waals surface area contributed by atoms with Crippen LogP contribution in [0.1, 0.15) is 52.4 Å². The summed E-state index contributed by atoms with van der Waals surface area (Å²) in [7, 11) is 0. The van der Waals surface area contributed by atoms with Crippen LogP contribution < -0.4 is 5.73 Å². The molecule has 132 valence electrons. The van der Waals surface area contributed by atoms with Crippen molar-refractivity contribution in [1.82, 2.24) is 0 Å². The summed E-state index contributed by atoms with van der Waals surface area (Å²) in [6, 6.07) is 0.163. The number of nitrogens with two attached hydrogens (primary N) is 1. The molecule has 0 aromatic heterocycles. The Balaban J connectivity index is 1.72. The van der Waals surface area contributed by atoms with Crippen LogP contribution in [0.5, 0.6) is 0 Å². The minimum Gasteiger partial charge on any atom is -0.390 e. The third kappa shape index (κ3) is 1.97. The van der Waals surface area contributed by atoms with Crippen molar-refractivity contribution < 1.29 is 10.2 Å². The van der Waals surface area contributed by atoms with Gasteiger partial charge in [-0.3, -0.25) is 0 Å². The molecule has 3 nitrogen and oxygen atoms in total. The van der Waals surface area contributed by atoms with Crippen molar-refractivity contribution in [3.05, 3.63) is 11.6 Å². The zero-order valence-corrected chi connectivity index (χ0v) is 14.9. The number of allylic oxidation sites excluding steroid dienone is 2. The van der Waals surface area contributed by atoms with E-state index in [-0.39, 0.29) is 28.7 Å². The lowest BCUT2D eigenvalue weighted by Crippen LogP contribution is -2.64. The number of hydrogen-bond donors (Lipinski definition) is 3. The summed E-state index contributed by atoms with van der Waals surface area (Å²) in [5.41, 5.74) is 7.41. The van der Waals surface area contributed by atoms with Crippen molar-refractivity contribution in [2.45, 2.75) is 70.6 Å². The molecule has 3 fully saturated rings. The first-order valence-corrected chi connectivity index (χ1v) is 9.62. The SMILES string of the molecule is C#CC1=CCC2C3C(CC[C@]12C)[C@@]1(C)CC[C@H](N)CC1[C@@H](O)[C@@H]3O. The predicted octanol–water partition coefficient (Wildman–Crippen LogP) is 2.47. The van der Waals surface area contributed by atoms with E-state index in [1.54, 1.807) is 0 Å². The third-order valence-electron chi connectivity index (χ3n) is 8.53. The minimum atomic E-state index is -0.653. The van der Waals surface area contributed by atoms with E-state index in [9.17, 15) is 10.2 Å². The van der Waals surface area contributed by atoms with Crippen molar-refractivity contribution in [2.75, 3.05) is 0 Å². The lowest BCUT2D eigenvalue weighted by Gasteiger charge is -2.63. The van der Waals surface area contributed by atoms with Gasteiger partial charge in [0.15, 0.2) is 0 Å². The fourth-order valence-electron chi connectivity index (χ4n) is 7.09. The molecule has 4 aliphatic rings. The van der Waals surface area contributed by atoms with E-state index in [1.807, 2.05) is 0 Å². The van der Waals surface area contributed by atoms with Gasteiger partial charge in [-0.25, -0.2) is 0 Å². The Morgan fingerprint density at radius 2 is 1.88 bits per heavy atom. The first-order chi connectivity index (χ1) is 11.3. The second-order valence-corrected chi connectivity index (χ2v) is 9.37. The first-order valence-electron chi connectivity index (χ1n) is 9.62. The van der Waals surface area contributed by atoms with Gasteiger partial charge in [-0.15, -0.1) is 6.42 Å². The van der Waals surface area contributed by atoms with Gasteiger partial charge < -0.3 is 15.9 Å². The zero-order chi connectivity index (χ0) is 17.3. The minimum absolute atomic E-state index is 0.00484. The summed E-state index contributed by atoms with van der Waals surface area (Å²) in [6.45, 7) is 4.63. The fraction of sp³-hybridized carbons (Fsp3) is 0.810. The maximum Gasteiger partial charge on any atom is 0.0836 e. The number of aliphatic hydroxyl groups excluding tert-OH is 2. The number of rotatable bonds is 0. The number of hydrogen-bond acceptors (Lipinski definition) is 3. The Kier molecular flexibility index (Phi) is 3.70. The zero-order valence-electron chi connectivity index (χ0n) is 14.9. The van der Waals surface area contributed by atoms with Gasteiger partial charge in [0.2, 0.25) is 0 Å². The number of aliphatic hydroxyl groups is 2. The average Bonchev–Trinajstić information content (AvgIpc) is 2.90. The molecule has 3 saturated carbocycles. The Morgan fingerprint density at radius 1 is 1.12 bits per heavy atom. The highest BCUT2D eigenvalue weighted by Gasteiger charge is 2.63. The molecule has 4 rings (SSSR count). The first kappa shape index (κ1) is 16.6. The molecule has 0 aromatic carbocycles. The predicted molar refractivity (Wildman–Crippen MR) is 94.8 cm³/mol. The van der Waals surface area contributed by atoms with Gasteiger partial charge in [0, 0.05) is 17.0 Å². The van der Waals surface area contributed by atoms with E-state index in [0.29, 0.717) is 11.8 Å². The normalized spacial score (nSPS) is 56.5. The Bertz CT molecular complexity index is 607. The molecule has 0 bridgehead atoms. The lowest BCUT2D eigenvalue weighted by molar-refractivity contribution is -0.210. The van der Waals surface area contributed by atoms with Crippen LogP contribution in [0.25, 0.3) is 0 Å². The molecule has 4 unspecified atom stereocenters. The summed E-state index contributed by atoms with van der Waals surface area (Å²) in [5, 5.41) is 22.0. The molecular formula is C21H31NO2. The molecule has 4 N–H and O–H groups in total. The molecule has 0 radical (unpaired) electrons. The molecule has 3 heteroatoms. The Morgan fingerprint density at radius 3 is 2.58 bits per heavy atom. The summed E-state index contributed by atoms with van der Waals surface area (Å²) in [6.07, 6.45) is 12.8. The summed E-state index contributed by atoms with van der Waals surface area (Å²) in [5.74, 6) is 4.01. The van der Waals surface area contributed by atoms with E-state index in [2.05, 4.69) is 25.8 Å². The second kappa shape index (κ2) is 5.34. The van der Waals surface area contributed by atoms with E-state index >= 15 is 0 Å². The highest BCUT2D eigenvalue weighted by molar-refractivity contribution is 5.38. The van der Waals surface area contributed by atoms with Gasteiger partial charge in [0.1, 0.15) is 0 Å². The van der Waals surface area contributed by atoms with Crippen molar-refractivity contribution in [3.63, 3.8) is 0 Å². The van der Waals surface area contributed by atoms with Crippen LogP contribution in [0.15, 0.2) is 11.6 Å². The molecule has 0 aromatic rings. The van der Waals surface area contributed by atoms with Crippen molar-refractivity contribution in [3.8, 4) is 12.3 Å². The third-order valence-corrected chi connectivity index (χ3v) is 8.53. The smallest absolute Gasteiger partial charge is 0.0836 e. The van der Waals surface area contributed by atoms with Crippen molar-refractivity contribution in [2.24, 2.45) is 40.2 Å². The fourth-order valence-corrected chi connectivity index (χ4v) is 7.09. The van der Waals surface area contributed by atoms with E-state index in [0.717, 1.165) is 44.1 Å². The van der Waals surface area contributed by atoms with Crippen LogP contribution in [0.2, 0.25) is 0 Å². The Hall–Kier alpha value is -0.820. The van der Waals surface area contributed by atoms with Crippen LogP contribution >= 0.6 is 0 Å². The van der Waals surface area contributed by atoms with Crippen LogP contribution in [0, 0.1) is 46.8 Å². The maximum absolute atomic E-state index is 11.1. The number of terminal acetylenes is 1. The van der Waals surface area contributed by atoms with E-state index in [1.165, 1.54) is 0 Å². The molecule has 4 aliphatic carbocycles. The molecule has 24 heavy (non-hydrogen) atoms. The van der Waals surface area contributed by atoms with Gasteiger partial charge in [0.05, 0.1) is 12.2 Å². The van der Waals surface area contributed by atoms with Gasteiger partial charge in [-0.2, -0.15) is 0 Å². The van der Waals surface area contributed by atoms with Crippen LogP contribution in [0.3, 0.4) is 0 Å². The number of fused-ring (bicyclic) bond motifs is 5. The highest BCUT2D eigenvalue weighted by atomic mass is 16.3. The van der Waals surface area contributed by atoms with Gasteiger partial charge in [-0.1, -0.05) is 25.8 Å². The van der Waals surface area contributed by atoms with E-state index < -0.39 is 12.2 Å². The summed E-state index contributed by atoms with van der Waals surface area (Å²) >= 11 is 0. The van der Waals surface area contributed by atoms with E-state index in [4.69, 9.17) is 12.2 Å². The van der Waals surface area contributed by atoms with Crippen LogP contribution in [-0.4, -0.2) is 28.5 Å². The molecular weight excluding hydrogens is 298 g/mol. The van der Waals surface area contributed by atoms with Crippen LogP contribution in [0.4, 0.5) is 0 Å². The van der Waals surface area contributed by atoms with Gasteiger partial charge in [0.25, 0.3) is 0 Å². The largest absolute Gasteiger partial charge is 0.390 e. The van der Waals surface area contributed by atoms with Gasteiger partial charge in [-0.05, 0) is 67.6 Å². The molecule has 9 atom stereocenters. The lowest BCUT2D eigenvalue weighted by atomic mass is 9.43. The molecule has 0 saturated heterocycles. The highest BCUT2D eigenvalue weighted by Crippen LogP contribution is 2.66. The van der Waals surface area contributed by atoms with Crippen LogP contribution in [-0.2, 0) is 0 Å². The molecule has 0 heterocycles. The summed E-state index contributed by atoms with van der Waals surface area (Å²) in [4.78, 5) is 0. The van der Waals surface area contributed by atoms with Crippen molar-refractivity contribution in [1.29, 1.82) is 0 Å². The summed E-state index contributed by atoms with van der Waals surface area (Å²) < 4.78 is 0. The van der Waals surface area contributed by atoms with Gasteiger partial charge >= 0.3 is 0 Å². The topological polar surface area (TPSA) is 66.5 Å². The molecule has 0 spiro atoms. The monoisotopic (exact) mass is 329 g/mol. The average molecular weight is 329 g/mol. The standard InChI is InChI=1S/C21H31NO2/c1-4-12-5-6-14-17-15(8-10-20(12,14)2)21(3)9-7-13(22)11-16(21)18(23)19(17)24/h1,5,13-19,23-24H,6-11,22H2,2-3H3/t13-,14?,15?,16?,17?,18+,19+,20+,21+/m0/s1. The molecule has 0 amide bonds. The molecule has 0 aliphatic heterocycles. The second-order valence-electron chi connectivity index (χ2n) is 9.37. The Labute approximate surface area is 145 Å². The maximum atomic E-state index is 11.1. The van der Waals surface area contributed by atoms with Crippen molar-refractivity contribution >= 4 is 0 Å². The quantitative estimate of drug-likeness (QED) is 0.598.